The van der Waals surface area contributed by atoms with Gasteiger partial charge in [-0.25, -0.2) is 0 Å². The first-order valence-corrected chi connectivity index (χ1v) is 10.6. The Balaban J connectivity index is 1.92. The van der Waals surface area contributed by atoms with Gasteiger partial charge in [0.1, 0.15) is 11.9 Å². The van der Waals surface area contributed by atoms with E-state index in [1.807, 2.05) is 6.20 Å². The highest BCUT2D eigenvalue weighted by molar-refractivity contribution is 9.09. The number of ether oxygens (including phenoxy) is 3. The van der Waals surface area contributed by atoms with E-state index in [2.05, 4.69) is 20.8 Å². The second-order valence-corrected chi connectivity index (χ2v) is 7.22. The second kappa shape index (κ2) is 11.8. The zero-order valence-electron chi connectivity index (χ0n) is 15.8. The monoisotopic (exact) mass is 441 g/mol. The van der Waals surface area contributed by atoms with Gasteiger partial charge >= 0.3 is 5.97 Å². The molecule has 1 unspecified atom stereocenters. The molecule has 0 N–H and O–H groups in total. The number of unbranched alkanes of at least 4 members (excludes halogenated alkanes) is 1. The number of halogens is 1. The Kier molecular flexibility index (Phi) is 9.45. The maximum absolute atomic E-state index is 11.9. The lowest BCUT2D eigenvalue weighted by atomic mass is 9.96. The van der Waals surface area contributed by atoms with E-state index in [1.54, 1.807) is 25.3 Å². The Bertz CT molecular complexity index is 599. The largest absolute Gasteiger partial charge is 0.493 e. The van der Waals surface area contributed by atoms with Crippen LogP contribution in [0.1, 0.15) is 39.0 Å². The Labute approximate surface area is 169 Å². The predicted octanol–water partition coefficient (Wildman–Crippen LogP) is 3.48. The molecule has 1 heterocycles. The molecule has 0 aromatic heterocycles. The summed E-state index contributed by atoms with van der Waals surface area (Å²) < 4.78 is 16.6. The number of nitrogens with zero attached hydrogens (tertiary/aromatic N) is 1. The van der Waals surface area contributed by atoms with Crippen molar-refractivity contribution >= 4 is 27.7 Å². The Morgan fingerprint density at radius 1 is 1.33 bits per heavy atom. The van der Waals surface area contributed by atoms with E-state index >= 15 is 0 Å². The first-order valence-electron chi connectivity index (χ1n) is 9.48. The summed E-state index contributed by atoms with van der Waals surface area (Å²) in [5.74, 6) is 0.636. The normalized spacial score (nSPS) is 19.3. The molecule has 0 fully saturated rings. The van der Waals surface area contributed by atoms with Crippen LogP contribution in [0.25, 0.3) is 0 Å². The molecule has 1 aliphatic carbocycles. The molecule has 2 rings (SSSR count). The fraction of sp³-hybridized carbons (Fsp3) is 0.600. The summed E-state index contributed by atoms with van der Waals surface area (Å²) >= 11 is 3.41. The number of carbonyl (C=O) groups is 2. The van der Waals surface area contributed by atoms with Crippen molar-refractivity contribution in [3.05, 3.63) is 35.9 Å². The Morgan fingerprint density at radius 3 is 2.96 bits per heavy atom. The summed E-state index contributed by atoms with van der Waals surface area (Å²) in [5.41, 5.74) is 0.890. The van der Waals surface area contributed by atoms with Gasteiger partial charge in [-0.05, 0) is 38.3 Å². The molecule has 6 nitrogen and oxygen atoms in total. The maximum atomic E-state index is 11.9. The molecule has 0 saturated heterocycles. The van der Waals surface area contributed by atoms with Gasteiger partial charge in [-0.1, -0.05) is 15.9 Å². The number of carbonyl (C=O) groups excluding carboxylic acids is 2. The van der Waals surface area contributed by atoms with Crippen molar-refractivity contribution < 1.29 is 23.8 Å². The van der Waals surface area contributed by atoms with Crippen molar-refractivity contribution in [2.45, 2.75) is 45.1 Å². The third-order valence-electron chi connectivity index (χ3n) is 4.32. The number of allylic oxidation sites excluding steroid dienone is 2. The highest BCUT2D eigenvalue weighted by atomic mass is 79.9. The molecule has 0 bridgehead atoms. The quantitative estimate of drug-likeness (QED) is 0.277. The van der Waals surface area contributed by atoms with Gasteiger partial charge < -0.3 is 19.1 Å². The lowest BCUT2D eigenvalue weighted by Gasteiger charge is -2.32. The number of ketones is 1. The summed E-state index contributed by atoms with van der Waals surface area (Å²) in [6.07, 6.45) is 10.0. The third kappa shape index (κ3) is 7.40. The standard InChI is InChI=1S/C20H28BrNO5/c1-2-25-20(24)6-5-10-22-11-13-27-19(15-22)17-14-16(23)7-8-18(17)26-12-4-3-9-21/h7-8,11,13,19H,2-6,9-10,12,14-15H2,1H3. The van der Waals surface area contributed by atoms with Crippen LogP contribution in [-0.4, -0.2) is 54.4 Å². The van der Waals surface area contributed by atoms with E-state index < -0.39 is 0 Å². The molecule has 1 atom stereocenters. The van der Waals surface area contributed by atoms with Crippen molar-refractivity contribution in [2.24, 2.45) is 0 Å². The van der Waals surface area contributed by atoms with Crippen molar-refractivity contribution in [1.82, 2.24) is 4.90 Å². The predicted molar refractivity (Wildman–Crippen MR) is 106 cm³/mol. The van der Waals surface area contributed by atoms with Crippen LogP contribution in [-0.2, 0) is 23.8 Å². The highest BCUT2D eigenvalue weighted by Gasteiger charge is 2.27. The highest BCUT2D eigenvalue weighted by Crippen LogP contribution is 2.26. The fourth-order valence-electron chi connectivity index (χ4n) is 2.95. The smallest absolute Gasteiger partial charge is 0.305 e. The molecule has 150 valence electrons. The molecule has 0 amide bonds. The van der Waals surface area contributed by atoms with Gasteiger partial charge in [0.2, 0.25) is 0 Å². The average molecular weight is 442 g/mol. The van der Waals surface area contributed by atoms with E-state index in [9.17, 15) is 9.59 Å². The molecular weight excluding hydrogens is 414 g/mol. The van der Waals surface area contributed by atoms with Crippen molar-refractivity contribution in [2.75, 3.05) is 31.6 Å². The van der Waals surface area contributed by atoms with Crippen molar-refractivity contribution in [3.8, 4) is 0 Å². The second-order valence-electron chi connectivity index (χ2n) is 6.42. The molecule has 27 heavy (non-hydrogen) atoms. The lowest BCUT2D eigenvalue weighted by Crippen LogP contribution is -2.36. The number of esters is 1. The van der Waals surface area contributed by atoms with Crippen LogP contribution in [0.4, 0.5) is 0 Å². The topological polar surface area (TPSA) is 65.1 Å². The summed E-state index contributed by atoms with van der Waals surface area (Å²) in [6.45, 7) is 4.19. The van der Waals surface area contributed by atoms with Crippen molar-refractivity contribution in [1.29, 1.82) is 0 Å². The molecule has 0 aromatic rings. The molecule has 7 heteroatoms. The molecular formula is C20H28BrNO5. The minimum absolute atomic E-state index is 0.0600. The van der Waals surface area contributed by atoms with Gasteiger partial charge in [0.25, 0.3) is 0 Å². The van der Waals surface area contributed by atoms with E-state index in [1.165, 1.54) is 0 Å². The Morgan fingerprint density at radius 2 is 2.19 bits per heavy atom. The van der Waals surface area contributed by atoms with Crippen LogP contribution in [0, 0.1) is 0 Å². The van der Waals surface area contributed by atoms with Gasteiger partial charge in [0.05, 0.1) is 26.0 Å². The first-order chi connectivity index (χ1) is 13.1. The molecule has 1 aliphatic heterocycles. The minimum atomic E-state index is -0.224. The molecule has 0 spiro atoms. The number of alkyl halides is 1. The fourth-order valence-corrected chi connectivity index (χ4v) is 3.35. The first kappa shape index (κ1) is 21.5. The van der Waals surface area contributed by atoms with Gasteiger partial charge in [-0.15, -0.1) is 0 Å². The zero-order valence-corrected chi connectivity index (χ0v) is 17.4. The summed E-state index contributed by atoms with van der Waals surface area (Å²) in [5, 5.41) is 0.952. The van der Waals surface area contributed by atoms with Crippen LogP contribution < -0.4 is 0 Å². The Hall–Kier alpha value is -1.76. The van der Waals surface area contributed by atoms with Crippen LogP contribution in [0.5, 0.6) is 0 Å². The van der Waals surface area contributed by atoms with E-state index in [0.717, 1.165) is 36.0 Å². The van der Waals surface area contributed by atoms with Gasteiger partial charge in [0.15, 0.2) is 5.78 Å². The minimum Gasteiger partial charge on any atom is -0.493 e. The lowest BCUT2D eigenvalue weighted by molar-refractivity contribution is -0.143. The third-order valence-corrected chi connectivity index (χ3v) is 4.88. The molecule has 0 saturated carbocycles. The van der Waals surface area contributed by atoms with E-state index in [0.29, 0.717) is 39.0 Å². The van der Waals surface area contributed by atoms with E-state index in [-0.39, 0.29) is 17.9 Å². The SMILES string of the molecule is CCOC(=O)CCCN1C=COC(C2=C(OCCCCBr)C=CC(=O)C2)C1. The number of rotatable bonds is 11. The number of hydrogen-bond donors (Lipinski definition) is 0. The van der Waals surface area contributed by atoms with Gasteiger partial charge in [-0.3, -0.25) is 9.59 Å². The average Bonchev–Trinajstić information content (AvgIpc) is 2.66. The summed E-state index contributed by atoms with van der Waals surface area (Å²) in [4.78, 5) is 25.5. The van der Waals surface area contributed by atoms with Crippen LogP contribution in [0.15, 0.2) is 35.9 Å². The molecule has 0 aromatic carbocycles. The van der Waals surface area contributed by atoms with Crippen LogP contribution >= 0.6 is 15.9 Å². The summed E-state index contributed by atoms with van der Waals surface area (Å²) in [6, 6.07) is 0. The van der Waals surface area contributed by atoms with Crippen LogP contribution in [0.2, 0.25) is 0 Å². The summed E-state index contributed by atoms with van der Waals surface area (Å²) in [7, 11) is 0. The zero-order chi connectivity index (χ0) is 19.5. The molecule has 2 aliphatic rings. The van der Waals surface area contributed by atoms with E-state index in [4.69, 9.17) is 14.2 Å². The van der Waals surface area contributed by atoms with Gasteiger partial charge in [0, 0.05) is 36.5 Å². The number of hydrogen-bond acceptors (Lipinski definition) is 6. The van der Waals surface area contributed by atoms with Crippen molar-refractivity contribution in [3.63, 3.8) is 0 Å². The van der Waals surface area contributed by atoms with Crippen LogP contribution in [0.3, 0.4) is 0 Å². The maximum Gasteiger partial charge on any atom is 0.305 e. The molecule has 0 radical (unpaired) electrons. The van der Waals surface area contributed by atoms with Gasteiger partial charge in [-0.2, -0.15) is 0 Å².